The maximum absolute atomic E-state index is 13.5. The van der Waals surface area contributed by atoms with Crippen LogP contribution in [0, 0.1) is 5.82 Å². The van der Waals surface area contributed by atoms with Crippen molar-refractivity contribution in [1.29, 1.82) is 0 Å². The van der Waals surface area contributed by atoms with E-state index >= 15 is 0 Å². The van der Waals surface area contributed by atoms with Crippen molar-refractivity contribution in [2.24, 2.45) is 4.99 Å². The summed E-state index contributed by atoms with van der Waals surface area (Å²) in [6.45, 7) is 8.84. The van der Waals surface area contributed by atoms with Crippen LogP contribution in [0.25, 0.3) is 0 Å². The summed E-state index contributed by atoms with van der Waals surface area (Å²) in [7, 11) is 3.54. The van der Waals surface area contributed by atoms with Crippen LogP contribution in [0.3, 0.4) is 0 Å². The van der Waals surface area contributed by atoms with Crippen molar-refractivity contribution in [2.75, 3.05) is 46.9 Å². The third-order valence-corrected chi connectivity index (χ3v) is 5.07. The minimum Gasteiger partial charge on any atom is -0.383 e. The summed E-state index contributed by atoms with van der Waals surface area (Å²) in [5.74, 6) is 0.614. The molecule has 27 heavy (non-hydrogen) atoms. The van der Waals surface area contributed by atoms with Crippen LogP contribution >= 0.6 is 24.0 Å². The molecule has 0 spiro atoms. The maximum atomic E-state index is 13.5. The molecule has 1 aliphatic heterocycles. The second-order valence-corrected chi connectivity index (χ2v) is 7.57. The molecule has 0 bridgehead atoms. The number of hydrogen-bond donors (Lipinski definition) is 2. The molecule has 5 nitrogen and oxygen atoms in total. The summed E-state index contributed by atoms with van der Waals surface area (Å²) in [5.41, 5.74) is 0.787. The van der Waals surface area contributed by atoms with Crippen LogP contribution in [0.15, 0.2) is 29.3 Å². The number of likely N-dealkylation sites (tertiary alicyclic amines) is 1. The molecule has 0 amide bonds. The molecule has 0 saturated carbocycles. The van der Waals surface area contributed by atoms with Crippen LogP contribution in [0.5, 0.6) is 0 Å². The van der Waals surface area contributed by atoms with Crippen molar-refractivity contribution in [3.63, 3.8) is 0 Å². The Morgan fingerprint density at radius 2 is 2.04 bits per heavy atom. The number of hydrogen-bond acceptors (Lipinski definition) is 3. The van der Waals surface area contributed by atoms with E-state index in [-0.39, 0.29) is 35.2 Å². The van der Waals surface area contributed by atoms with Gasteiger partial charge in [0.05, 0.1) is 6.61 Å². The lowest BCUT2D eigenvalue weighted by molar-refractivity contribution is 0.128. The van der Waals surface area contributed by atoms with E-state index in [4.69, 9.17) is 4.74 Å². The molecule has 2 rings (SSSR count). The molecule has 7 heteroatoms. The molecule has 1 saturated heterocycles. The van der Waals surface area contributed by atoms with Gasteiger partial charge in [-0.25, -0.2) is 4.39 Å². The van der Waals surface area contributed by atoms with E-state index in [0.717, 1.165) is 50.6 Å². The Morgan fingerprint density at radius 3 is 2.63 bits per heavy atom. The third kappa shape index (κ3) is 7.91. The monoisotopic (exact) mass is 492 g/mol. The van der Waals surface area contributed by atoms with Gasteiger partial charge in [0.2, 0.25) is 0 Å². The van der Waals surface area contributed by atoms with Crippen LogP contribution in [0.2, 0.25) is 0 Å². The number of benzene rings is 1. The maximum Gasteiger partial charge on any atom is 0.191 e. The molecule has 0 aliphatic carbocycles. The molecule has 0 radical (unpaired) electrons. The number of aliphatic imine (C=N–C) groups is 1. The van der Waals surface area contributed by atoms with Crippen LogP contribution in [-0.4, -0.2) is 63.8 Å². The number of ether oxygens (including phenoxy) is 1. The van der Waals surface area contributed by atoms with E-state index in [1.807, 2.05) is 6.07 Å². The zero-order valence-electron chi connectivity index (χ0n) is 16.9. The summed E-state index contributed by atoms with van der Waals surface area (Å²) in [6.07, 6.45) is 2.19. The Morgan fingerprint density at radius 1 is 1.33 bits per heavy atom. The predicted octanol–water partition coefficient (Wildman–Crippen LogP) is 3.00. The lowest BCUT2D eigenvalue weighted by Crippen LogP contribution is -2.50. The molecule has 1 aromatic carbocycles. The number of guanidine groups is 1. The molecule has 1 aromatic rings. The van der Waals surface area contributed by atoms with Gasteiger partial charge < -0.3 is 20.3 Å². The van der Waals surface area contributed by atoms with Gasteiger partial charge in [-0.2, -0.15) is 0 Å². The zero-order valence-corrected chi connectivity index (χ0v) is 19.3. The summed E-state index contributed by atoms with van der Waals surface area (Å²) >= 11 is 0. The number of piperidine rings is 1. The average Bonchev–Trinajstić information content (AvgIpc) is 2.64. The topological polar surface area (TPSA) is 48.9 Å². The fraction of sp³-hybridized carbons (Fsp3) is 0.650. The lowest BCUT2D eigenvalue weighted by Gasteiger charge is -2.33. The Hall–Kier alpha value is -0.930. The first kappa shape index (κ1) is 24.1. The first-order valence-electron chi connectivity index (χ1n) is 9.39. The molecule has 1 fully saturated rings. The number of nitrogens with one attached hydrogen (secondary N) is 2. The van der Waals surface area contributed by atoms with Crippen LogP contribution < -0.4 is 10.6 Å². The van der Waals surface area contributed by atoms with Crippen molar-refractivity contribution in [2.45, 2.75) is 38.1 Å². The molecule has 1 aliphatic rings. The van der Waals surface area contributed by atoms with Crippen molar-refractivity contribution in [3.8, 4) is 0 Å². The number of nitrogens with zero attached hydrogens (tertiary/aromatic N) is 2. The number of halogens is 2. The van der Waals surface area contributed by atoms with Crippen molar-refractivity contribution < 1.29 is 9.13 Å². The van der Waals surface area contributed by atoms with Gasteiger partial charge in [-0.1, -0.05) is 26.0 Å². The smallest absolute Gasteiger partial charge is 0.191 e. The lowest BCUT2D eigenvalue weighted by atomic mass is 9.84. The van der Waals surface area contributed by atoms with E-state index in [2.05, 4.69) is 34.4 Å². The van der Waals surface area contributed by atoms with E-state index in [0.29, 0.717) is 12.6 Å². The minimum atomic E-state index is -0.196. The van der Waals surface area contributed by atoms with Crippen LogP contribution in [0.4, 0.5) is 4.39 Å². The second kappa shape index (κ2) is 11.8. The quantitative estimate of drug-likeness (QED) is 0.349. The molecule has 0 atom stereocenters. The van der Waals surface area contributed by atoms with Gasteiger partial charge in [0.25, 0.3) is 0 Å². The highest BCUT2D eigenvalue weighted by Gasteiger charge is 2.23. The highest BCUT2D eigenvalue weighted by atomic mass is 127. The van der Waals surface area contributed by atoms with Gasteiger partial charge in [-0.3, -0.25) is 4.99 Å². The summed E-state index contributed by atoms with van der Waals surface area (Å²) < 4.78 is 18.7. The van der Waals surface area contributed by atoms with Gasteiger partial charge in [-0.15, -0.1) is 24.0 Å². The standard InChI is InChI=1S/C20H33FN4O.HI/c1-20(2,16-6-5-7-17(21)14-16)15-23-19(22-3)24-18-8-10-25(11-9-18)12-13-26-4;/h5-7,14,18H,8-13,15H2,1-4H3,(H2,22,23,24);1H. The second-order valence-electron chi connectivity index (χ2n) is 7.57. The normalized spacial score (nSPS) is 16.7. The highest BCUT2D eigenvalue weighted by molar-refractivity contribution is 14.0. The largest absolute Gasteiger partial charge is 0.383 e. The summed E-state index contributed by atoms with van der Waals surface area (Å²) in [6, 6.07) is 7.24. The number of rotatable bonds is 7. The first-order valence-corrected chi connectivity index (χ1v) is 9.39. The minimum absolute atomic E-state index is 0. The van der Waals surface area contributed by atoms with Crippen molar-refractivity contribution >= 4 is 29.9 Å². The van der Waals surface area contributed by atoms with Crippen LogP contribution in [-0.2, 0) is 10.2 Å². The highest BCUT2D eigenvalue weighted by Crippen LogP contribution is 2.22. The molecule has 154 valence electrons. The van der Waals surface area contributed by atoms with Crippen molar-refractivity contribution in [1.82, 2.24) is 15.5 Å². The fourth-order valence-electron chi connectivity index (χ4n) is 3.23. The Balaban J connectivity index is 0.00000364. The predicted molar refractivity (Wildman–Crippen MR) is 121 cm³/mol. The van der Waals surface area contributed by atoms with E-state index in [1.54, 1.807) is 26.3 Å². The van der Waals surface area contributed by atoms with E-state index < -0.39 is 0 Å². The summed E-state index contributed by atoms with van der Waals surface area (Å²) in [4.78, 5) is 6.79. The van der Waals surface area contributed by atoms with E-state index in [1.165, 1.54) is 6.07 Å². The SMILES string of the molecule is CN=C(NCC(C)(C)c1cccc(F)c1)NC1CCN(CCOC)CC1.I. The van der Waals surface area contributed by atoms with Gasteiger partial charge in [0.1, 0.15) is 5.82 Å². The van der Waals surface area contributed by atoms with E-state index in [9.17, 15) is 4.39 Å². The molecule has 1 heterocycles. The van der Waals surface area contributed by atoms with Gasteiger partial charge in [0, 0.05) is 51.8 Å². The Labute approximate surface area is 180 Å². The average molecular weight is 492 g/mol. The molecule has 0 unspecified atom stereocenters. The summed E-state index contributed by atoms with van der Waals surface area (Å²) in [5, 5.41) is 6.93. The fourth-order valence-corrected chi connectivity index (χ4v) is 3.23. The Bertz CT molecular complexity index is 589. The third-order valence-electron chi connectivity index (χ3n) is 5.07. The first-order chi connectivity index (χ1) is 12.4. The van der Waals surface area contributed by atoms with Crippen LogP contribution in [0.1, 0.15) is 32.3 Å². The van der Waals surface area contributed by atoms with Gasteiger partial charge in [0.15, 0.2) is 5.96 Å². The zero-order chi connectivity index (χ0) is 19.0. The number of methoxy groups -OCH3 is 1. The molecular weight excluding hydrogens is 458 g/mol. The van der Waals surface area contributed by atoms with Crippen molar-refractivity contribution in [3.05, 3.63) is 35.6 Å². The van der Waals surface area contributed by atoms with Gasteiger partial charge >= 0.3 is 0 Å². The Kier molecular flexibility index (Phi) is 10.5. The molecule has 2 N–H and O–H groups in total. The molecular formula is C20H34FIN4O. The molecule has 0 aromatic heterocycles. The van der Waals surface area contributed by atoms with Gasteiger partial charge in [-0.05, 0) is 30.5 Å².